The number of nitrogens with two attached hydrogens (primary N) is 1. The summed E-state index contributed by atoms with van der Waals surface area (Å²) in [5.41, 5.74) is 10.3. The average molecular weight is 1590 g/mol. The molecule has 0 bridgehead atoms. The van der Waals surface area contributed by atoms with Crippen molar-refractivity contribution < 1.29 is 65.0 Å². The fourth-order valence-electron chi connectivity index (χ4n) is 10.8. The van der Waals surface area contributed by atoms with Crippen molar-refractivity contribution >= 4 is 159 Å². The number of fused-ring (bicyclic) bond motifs is 4. The van der Waals surface area contributed by atoms with Crippen LogP contribution in [-0.4, -0.2) is 141 Å². The van der Waals surface area contributed by atoms with Gasteiger partial charge in [0, 0.05) is 109 Å². The Labute approximate surface area is 643 Å². The van der Waals surface area contributed by atoms with E-state index in [0.717, 1.165) is 43.1 Å². The maximum atomic E-state index is 13.6. The molecule has 570 valence electrons. The van der Waals surface area contributed by atoms with Crippen LogP contribution in [0.25, 0.3) is 43.6 Å². The number of nitrogens with zero attached hydrogens (tertiary/aromatic N) is 11. The van der Waals surface area contributed by atoms with Gasteiger partial charge in [0.2, 0.25) is 5.82 Å². The van der Waals surface area contributed by atoms with Crippen LogP contribution in [0, 0.1) is 49.3 Å². The zero-order valence-electron chi connectivity index (χ0n) is 58.5. The zero-order valence-corrected chi connectivity index (χ0v) is 61.6. The van der Waals surface area contributed by atoms with Gasteiger partial charge in [0.05, 0.1) is 88.3 Å². The molecule has 1 aliphatic rings. The highest BCUT2D eigenvalue weighted by Crippen LogP contribution is 2.38. The summed E-state index contributed by atoms with van der Waals surface area (Å²) in [7, 11) is 6.78. The number of halogens is 9. The van der Waals surface area contributed by atoms with Crippen molar-refractivity contribution in [2.45, 2.75) is 25.3 Å². The summed E-state index contributed by atoms with van der Waals surface area (Å²) < 4.78 is 98.9. The van der Waals surface area contributed by atoms with Gasteiger partial charge in [0.15, 0.2) is 11.5 Å². The third-order valence-corrected chi connectivity index (χ3v) is 17.4. The van der Waals surface area contributed by atoms with Gasteiger partial charge in [-0.1, -0.05) is 52.5 Å². The minimum Gasteiger partial charge on any atom is -0.491 e. The fraction of sp³-hybridized carbons (Fsp3) is 0.203. The number of nitrogen functional groups attached to an aromatic ring is 1. The maximum Gasteiger partial charge on any atom is 0.311 e. The lowest BCUT2D eigenvalue weighted by Gasteiger charge is -2.15. The maximum absolute atomic E-state index is 13.6. The Morgan fingerprint density at radius 1 is 0.491 bits per heavy atom. The van der Waals surface area contributed by atoms with Gasteiger partial charge in [0.1, 0.15) is 103 Å². The molecule has 0 aliphatic carbocycles. The van der Waals surface area contributed by atoms with Crippen LogP contribution in [0.3, 0.4) is 0 Å². The minimum atomic E-state index is -0.989. The Hall–Kier alpha value is -11.6. The van der Waals surface area contributed by atoms with Crippen LogP contribution in [0.4, 0.5) is 85.0 Å². The number of allylic oxidation sites excluding steroid dienone is 1. The van der Waals surface area contributed by atoms with Gasteiger partial charge in [-0.15, -0.1) is 0 Å². The van der Waals surface area contributed by atoms with Crippen molar-refractivity contribution in [3.8, 4) is 17.2 Å². The van der Waals surface area contributed by atoms with E-state index in [1.54, 1.807) is 50.6 Å². The second kappa shape index (κ2) is 38.5. The Morgan fingerprint density at radius 2 is 0.855 bits per heavy atom. The quantitative estimate of drug-likeness (QED) is 0.00839. The number of likely N-dealkylation sites (N-methyl/N-ethyl adjacent to an activating group) is 1. The lowest BCUT2D eigenvalue weighted by Crippen LogP contribution is -2.22. The molecular weight excluding hydrogens is 1530 g/mol. The van der Waals surface area contributed by atoms with Crippen molar-refractivity contribution in [3.63, 3.8) is 0 Å². The summed E-state index contributed by atoms with van der Waals surface area (Å²) in [6.07, 6.45) is 11.3. The topological polar surface area (TPSA) is 339 Å². The summed E-state index contributed by atoms with van der Waals surface area (Å²) in [5, 5.41) is 36.3. The molecule has 5 heterocycles. The SMILES string of the molecule is COCCOc1cc2ncnc(Nc3ccc(F)c(Cl)c3)c2cc1CC(=O)/C=C/[C@H]1CCCN1C.COCCOc1cc2ncnc(Nc3ccc(F)c(Cl)c3)c2cc1N.COCCOc1cc2ncnc(Nc3ccc(F)c(Cl)c3)c2cc1[N+](=O)[O-].O=[N+]([O-])c1cc2c(Nc3ccc(F)c(Cl)c3)ncnc2cc1F. The third-order valence-electron chi connectivity index (χ3n) is 16.2. The van der Waals surface area contributed by atoms with E-state index in [1.165, 1.54) is 99.1 Å². The molecule has 0 radical (unpaired) electrons. The zero-order chi connectivity index (χ0) is 78.5. The van der Waals surface area contributed by atoms with Crippen LogP contribution < -0.4 is 41.2 Å². The molecule has 12 aromatic rings. The number of nitro groups is 2. The van der Waals surface area contributed by atoms with Gasteiger partial charge >= 0.3 is 11.4 Å². The largest absolute Gasteiger partial charge is 0.491 e. The molecule has 36 heteroatoms. The number of ether oxygens (including phenoxy) is 6. The number of ketones is 1. The summed E-state index contributed by atoms with van der Waals surface area (Å²) in [6.45, 7) is 3.10. The number of benzene rings is 8. The number of carbonyl (C=O) groups excluding carboxylic acids is 1. The lowest BCUT2D eigenvalue weighted by molar-refractivity contribution is -0.387. The molecule has 4 aromatic heterocycles. The van der Waals surface area contributed by atoms with Crippen molar-refractivity contribution in [3.05, 3.63) is 234 Å². The van der Waals surface area contributed by atoms with E-state index in [4.69, 9.17) is 80.6 Å². The van der Waals surface area contributed by atoms with E-state index < -0.39 is 44.6 Å². The summed E-state index contributed by atoms with van der Waals surface area (Å²) in [5.74, 6) is -0.375. The van der Waals surface area contributed by atoms with Crippen LogP contribution in [0.2, 0.25) is 20.1 Å². The lowest BCUT2D eigenvalue weighted by atomic mass is 10.0. The molecule has 0 saturated carbocycles. The van der Waals surface area contributed by atoms with Crippen LogP contribution in [0.1, 0.15) is 18.4 Å². The highest BCUT2D eigenvalue weighted by Gasteiger charge is 2.23. The van der Waals surface area contributed by atoms with Crippen molar-refractivity contribution in [2.24, 2.45) is 0 Å². The Balaban J connectivity index is 0.000000158. The first-order valence-electron chi connectivity index (χ1n) is 33.0. The number of rotatable bonds is 26. The monoisotopic (exact) mass is 1590 g/mol. The number of methoxy groups -OCH3 is 3. The van der Waals surface area contributed by atoms with Gasteiger partial charge < -0.3 is 55.4 Å². The first-order chi connectivity index (χ1) is 53.0. The second-order valence-corrected chi connectivity index (χ2v) is 25.3. The van der Waals surface area contributed by atoms with Gasteiger partial charge in [-0.25, -0.2) is 57.4 Å². The Bertz CT molecular complexity index is 5390. The summed E-state index contributed by atoms with van der Waals surface area (Å²) in [4.78, 5) is 69.3. The normalized spacial score (nSPS) is 12.5. The van der Waals surface area contributed by atoms with Gasteiger partial charge in [-0.2, -0.15) is 4.39 Å². The molecule has 0 amide bonds. The molecule has 0 spiro atoms. The number of anilines is 9. The Morgan fingerprint density at radius 3 is 1.25 bits per heavy atom. The fourth-order valence-corrected chi connectivity index (χ4v) is 11.5. The molecule has 8 aromatic carbocycles. The van der Waals surface area contributed by atoms with Crippen molar-refractivity contribution in [2.75, 3.05) is 102 Å². The smallest absolute Gasteiger partial charge is 0.311 e. The number of carbonyl (C=O) groups is 1. The van der Waals surface area contributed by atoms with Crippen molar-refractivity contribution in [1.29, 1.82) is 0 Å². The molecular formula is C74H65Cl4F5N16O11. The number of nitrogens with one attached hydrogen (secondary N) is 4. The molecule has 110 heavy (non-hydrogen) atoms. The molecule has 0 unspecified atom stereocenters. The van der Waals surface area contributed by atoms with Gasteiger partial charge in [-0.3, -0.25) is 29.9 Å². The Kier molecular flexibility index (Phi) is 28.3. The number of nitro benzene ring substituents is 2. The van der Waals surface area contributed by atoms with E-state index in [1.807, 2.05) is 12.1 Å². The van der Waals surface area contributed by atoms with Gasteiger partial charge in [-0.05, 0) is 117 Å². The summed E-state index contributed by atoms with van der Waals surface area (Å²) in [6, 6.07) is 28.9. The number of aromatic nitrogens is 8. The average Bonchev–Trinajstić information content (AvgIpc) is 0.846. The van der Waals surface area contributed by atoms with E-state index in [0.29, 0.717) is 123 Å². The number of hydrogen-bond acceptors (Lipinski definition) is 25. The molecule has 1 atom stereocenters. The van der Waals surface area contributed by atoms with Gasteiger partial charge in [0.25, 0.3) is 0 Å². The predicted molar refractivity (Wildman–Crippen MR) is 410 cm³/mol. The van der Waals surface area contributed by atoms with Crippen LogP contribution >= 0.6 is 46.4 Å². The molecule has 27 nitrogen and oxygen atoms in total. The predicted octanol–water partition coefficient (Wildman–Crippen LogP) is 17.0. The van der Waals surface area contributed by atoms with Crippen LogP contribution in [-0.2, 0) is 25.4 Å². The highest BCUT2D eigenvalue weighted by atomic mass is 35.5. The molecule has 1 fully saturated rings. The van der Waals surface area contributed by atoms with Crippen molar-refractivity contribution in [1.82, 2.24) is 44.8 Å². The second-order valence-electron chi connectivity index (χ2n) is 23.7. The number of hydrogen-bond donors (Lipinski definition) is 5. The van der Waals surface area contributed by atoms with Crippen LogP contribution in [0.15, 0.2) is 159 Å². The van der Waals surface area contributed by atoms with E-state index in [-0.39, 0.29) is 73.7 Å². The molecule has 1 saturated heterocycles. The molecule has 13 rings (SSSR count). The molecule has 6 N–H and O–H groups in total. The van der Waals surface area contributed by atoms with E-state index >= 15 is 0 Å². The first kappa shape index (κ1) is 80.9. The van der Waals surface area contributed by atoms with E-state index in [2.05, 4.69) is 73.1 Å². The molecule has 1 aliphatic heterocycles. The standard InChI is InChI=1S/C26H28ClFN4O3.C17H14ClFN4O4.C17H16ClFN4O2.C14H7ClF2N4O2/c1-32-9-3-4-19(32)6-7-20(33)12-17-13-21-24(15-25(17)35-11-10-34-2)29-16-30-26(21)31-18-5-8-23(28)22(27)14-18;1-26-4-5-27-16-8-14-11(7-15(16)23(24)25)17(21-9-20-14)22-10-2-3-13(19)12(18)6-10;1-24-4-5-25-16-8-15-11(7-14(16)20)17(22-9-21-15)23-10-2-3-13(19)12(18)6-10;15-9-3-7(1-2-10(9)16)20-14-8-4-13(21(22)23)11(17)5-12(8)18-6-19-14/h5-8,13-16,19H,3-4,9-12H2,1-2H3,(H,29,30,31);2-3,6-9H,4-5H2,1H3,(H,20,21,22);2-3,6-9H,4-5,20H2,1H3,(H,21,22,23);1-6H,(H,18,19,20)/b7-6+;;;/t19-;;;/m1.../s1. The minimum absolute atomic E-state index is 0.00757. The van der Waals surface area contributed by atoms with Crippen LogP contribution in [0.5, 0.6) is 17.2 Å². The summed E-state index contributed by atoms with van der Waals surface area (Å²) >= 11 is 23.2. The number of likely N-dealkylation sites (tertiary alicyclic amines) is 1. The van der Waals surface area contributed by atoms with E-state index in [9.17, 15) is 47.0 Å². The first-order valence-corrected chi connectivity index (χ1v) is 34.5. The highest BCUT2D eigenvalue weighted by molar-refractivity contribution is 6.32. The third kappa shape index (κ3) is 21.4.